The van der Waals surface area contributed by atoms with Gasteiger partial charge >= 0.3 is 5.97 Å². The number of aromatic nitrogens is 2. The Kier molecular flexibility index (Phi) is 3.73. The maximum Gasteiger partial charge on any atom is 0.310 e. The second kappa shape index (κ2) is 5.29. The molecule has 1 aliphatic heterocycles. The van der Waals surface area contributed by atoms with Gasteiger partial charge in [0.1, 0.15) is 11.4 Å². The molecule has 7 heteroatoms. The number of hydrogen-bond donors (Lipinski definition) is 1. The number of amides is 1. The van der Waals surface area contributed by atoms with Crippen molar-refractivity contribution >= 4 is 17.7 Å². The second-order valence-corrected chi connectivity index (χ2v) is 4.68. The van der Waals surface area contributed by atoms with Crippen molar-refractivity contribution in [3.8, 4) is 0 Å². The molecule has 7 nitrogen and oxygen atoms in total. The Hall–Kier alpha value is -2.05. The first kappa shape index (κ1) is 13.4. The van der Waals surface area contributed by atoms with Crippen LogP contribution < -0.4 is 5.73 Å². The number of methoxy groups -OCH3 is 1. The number of carbonyl (C=O) groups is 2. The van der Waals surface area contributed by atoms with Gasteiger partial charge < -0.3 is 15.4 Å². The van der Waals surface area contributed by atoms with Gasteiger partial charge in [-0.15, -0.1) is 0 Å². The van der Waals surface area contributed by atoms with E-state index in [2.05, 4.69) is 5.10 Å². The number of nitrogens with zero attached hydrogens (tertiary/aromatic N) is 3. The number of likely N-dealkylation sites (tertiary alicyclic amines) is 1. The first-order valence-electron chi connectivity index (χ1n) is 6.19. The van der Waals surface area contributed by atoms with E-state index in [-0.39, 0.29) is 17.8 Å². The minimum absolute atomic E-state index is 0.181. The Morgan fingerprint density at radius 2 is 2.26 bits per heavy atom. The maximum absolute atomic E-state index is 12.3. The first-order valence-corrected chi connectivity index (χ1v) is 6.19. The predicted molar refractivity (Wildman–Crippen MR) is 68.3 cm³/mol. The molecule has 1 aliphatic rings. The van der Waals surface area contributed by atoms with Crippen LogP contribution in [0.25, 0.3) is 0 Å². The van der Waals surface area contributed by atoms with E-state index in [4.69, 9.17) is 10.5 Å². The van der Waals surface area contributed by atoms with Crippen LogP contribution in [0.1, 0.15) is 23.2 Å². The number of piperidine rings is 1. The van der Waals surface area contributed by atoms with Gasteiger partial charge in [0.05, 0.1) is 19.2 Å². The van der Waals surface area contributed by atoms with Gasteiger partial charge in [-0.05, 0) is 12.8 Å². The number of carbonyl (C=O) groups excluding carboxylic acids is 2. The Bertz CT molecular complexity index is 497. The third-order valence-corrected chi connectivity index (χ3v) is 3.46. The minimum Gasteiger partial charge on any atom is -0.469 e. The van der Waals surface area contributed by atoms with Crippen molar-refractivity contribution in [2.24, 2.45) is 13.0 Å². The van der Waals surface area contributed by atoms with Gasteiger partial charge in [0, 0.05) is 20.1 Å². The van der Waals surface area contributed by atoms with Crippen LogP contribution in [-0.2, 0) is 16.6 Å². The van der Waals surface area contributed by atoms with Crippen molar-refractivity contribution in [2.45, 2.75) is 12.8 Å². The Morgan fingerprint density at radius 3 is 2.84 bits per heavy atom. The number of hydrogen-bond acceptors (Lipinski definition) is 5. The van der Waals surface area contributed by atoms with Crippen LogP contribution in [0.5, 0.6) is 0 Å². The van der Waals surface area contributed by atoms with Crippen molar-refractivity contribution in [1.82, 2.24) is 14.7 Å². The summed E-state index contributed by atoms with van der Waals surface area (Å²) in [5.74, 6) is -0.360. The molecule has 0 radical (unpaired) electrons. The molecule has 1 fully saturated rings. The number of esters is 1. The van der Waals surface area contributed by atoms with Gasteiger partial charge in [0.25, 0.3) is 5.91 Å². The van der Waals surface area contributed by atoms with E-state index in [9.17, 15) is 9.59 Å². The van der Waals surface area contributed by atoms with Crippen LogP contribution in [0.4, 0.5) is 5.82 Å². The minimum atomic E-state index is -0.267. The average molecular weight is 266 g/mol. The Labute approximate surface area is 111 Å². The number of ether oxygens (including phenoxy) is 1. The molecule has 19 heavy (non-hydrogen) atoms. The number of aryl methyl sites for hydroxylation is 1. The monoisotopic (exact) mass is 266 g/mol. The molecular formula is C12H18N4O3. The van der Waals surface area contributed by atoms with E-state index in [1.54, 1.807) is 11.9 Å². The number of rotatable bonds is 2. The quantitative estimate of drug-likeness (QED) is 0.762. The molecule has 2 N–H and O–H groups in total. The van der Waals surface area contributed by atoms with Crippen LogP contribution >= 0.6 is 0 Å². The standard InChI is InChI=1S/C12H18N4O3/c1-15-10(13)9(6-14-15)11(17)16-5-3-4-8(7-16)12(18)19-2/h6,8H,3-5,7,13H2,1-2H3. The molecule has 1 unspecified atom stereocenters. The van der Waals surface area contributed by atoms with Crippen LogP contribution in [0.3, 0.4) is 0 Å². The Balaban J connectivity index is 2.11. The SMILES string of the molecule is COC(=O)C1CCCN(C(=O)c2cnn(C)c2N)C1. The van der Waals surface area contributed by atoms with E-state index >= 15 is 0 Å². The topological polar surface area (TPSA) is 90.5 Å². The van der Waals surface area contributed by atoms with Gasteiger partial charge in [-0.3, -0.25) is 14.3 Å². The summed E-state index contributed by atoms with van der Waals surface area (Å²) in [7, 11) is 3.04. The van der Waals surface area contributed by atoms with Crippen LogP contribution in [0, 0.1) is 5.92 Å². The van der Waals surface area contributed by atoms with Gasteiger partial charge in [0.2, 0.25) is 0 Å². The van der Waals surface area contributed by atoms with Crippen molar-refractivity contribution < 1.29 is 14.3 Å². The number of nitrogen functional groups attached to an aromatic ring is 1. The molecule has 0 aromatic carbocycles. The maximum atomic E-state index is 12.3. The zero-order valence-electron chi connectivity index (χ0n) is 11.1. The largest absolute Gasteiger partial charge is 0.469 e. The normalized spacial score (nSPS) is 19.3. The highest BCUT2D eigenvalue weighted by atomic mass is 16.5. The van der Waals surface area contributed by atoms with Crippen molar-refractivity contribution in [1.29, 1.82) is 0 Å². The highest BCUT2D eigenvalue weighted by Gasteiger charge is 2.30. The summed E-state index contributed by atoms with van der Waals surface area (Å²) >= 11 is 0. The summed E-state index contributed by atoms with van der Waals surface area (Å²) in [6.45, 7) is 1.00. The van der Waals surface area contributed by atoms with E-state index in [1.165, 1.54) is 18.0 Å². The van der Waals surface area contributed by atoms with Gasteiger partial charge in [-0.25, -0.2) is 0 Å². The molecule has 1 amide bonds. The molecule has 1 saturated heterocycles. The van der Waals surface area contributed by atoms with Gasteiger partial charge in [-0.1, -0.05) is 0 Å². The third kappa shape index (κ3) is 2.54. The predicted octanol–water partition coefficient (Wildman–Crippen LogP) is 0.0275. The van der Waals surface area contributed by atoms with E-state index in [0.717, 1.165) is 12.8 Å². The lowest BCUT2D eigenvalue weighted by atomic mass is 9.98. The van der Waals surface area contributed by atoms with Crippen LogP contribution in [0.15, 0.2) is 6.20 Å². The molecule has 2 rings (SSSR count). The average Bonchev–Trinajstić information content (AvgIpc) is 2.77. The summed E-state index contributed by atoms with van der Waals surface area (Å²) in [6, 6.07) is 0. The lowest BCUT2D eigenvalue weighted by Gasteiger charge is -2.31. The summed E-state index contributed by atoms with van der Waals surface area (Å²) in [6.07, 6.45) is 2.99. The molecule has 0 aliphatic carbocycles. The second-order valence-electron chi connectivity index (χ2n) is 4.68. The first-order chi connectivity index (χ1) is 9.04. The molecule has 1 atom stereocenters. The summed E-state index contributed by atoms with van der Waals surface area (Å²) in [5.41, 5.74) is 6.17. The van der Waals surface area contributed by atoms with Crippen molar-refractivity contribution in [3.05, 3.63) is 11.8 Å². The zero-order chi connectivity index (χ0) is 14.0. The summed E-state index contributed by atoms with van der Waals surface area (Å²) < 4.78 is 6.19. The third-order valence-electron chi connectivity index (χ3n) is 3.46. The fraction of sp³-hybridized carbons (Fsp3) is 0.583. The molecule has 1 aromatic heterocycles. The lowest BCUT2D eigenvalue weighted by molar-refractivity contribution is -0.146. The highest BCUT2D eigenvalue weighted by Crippen LogP contribution is 2.21. The van der Waals surface area contributed by atoms with E-state index < -0.39 is 0 Å². The van der Waals surface area contributed by atoms with Gasteiger partial charge in [-0.2, -0.15) is 5.10 Å². The Morgan fingerprint density at radius 1 is 1.53 bits per heavy atom. The molecule has 0 saturated carbocycles. The molecular weight excluding hydrogens is 248 g/mol. The van der Waals surface area contributed by atoms with Crippen LogP contribution in [0.2, 0.25) is 0 Å². The fourth-order valence-electron chi connectivity index (χ4n) is 2.30. The fourth-order valence-corrected chi connectivity index (χ4v) is 2.30. The lowest BCUT2D eigenvalue weighted by Crippen LogP contribution is -2.42. The summed E-state index contributed by atoms with van der Waals surface area (Å²) in [5, 5.41) is 3.95. The van der Waals surface area contributed by atoms with Gasteiger partial charge in [0.15, 0.2) is 0 Å². The smallest absolute Gasteiger partial charge is 0.310 e. The summed E-state index contributed by atoms with van der Waals surface area (Å²) in [4.78, 5) is 25.5. The molecule has 1 aromatic rings. The van der Waals surface area contributed by atoms with E-state index in [0.29, 0.717) is 24.5 Å². The van der Waals surface area contributed by atoms with Crippen molar-refractivity contribution in [3.63, 3.8) is 0 Å². The molecule has 2 heterocycles. The number of anilines is 1. The van der Waals surface area contributed by atoms with E-state index in [1.807, 2.05) is 0 Å². The zero-order valence-corrected chi connectivity index (χ0v) is 11.1. The molecule has 0 spiro atoms. The molecule has 104 valence electrons. The number of nitrogens with two attached hydrogens (primary N) is 1. The molecule has 0 bridgehead atoms. The highest BCUT2D eigenvalue weighted by molar-refractivity contribution is 5.98. The van der Waals surface area contributed by atoms with Crippen molar-refractivity contribution in [2.75, 3.05) is 25.9 Å². The van der Waals surface area contributed by atoms with Crippen LogP contribution in [-0.4, -0.2) is 46.8 Å².